The van der Waals surface area contributed by atoms with Crippen molar-refractivity contribution < 1.29 is 12.8 Å². The third-order valence-corrected chi connectivity index (χ3v) is 3.40. The van der Waals surface area contributed by atoms with Crippen molar-refractivity contribution in [1.29, 1.82) is 5.26 Å². The monoisotopic (exact) mass is 266 g/mol. The molecule has 8 heteroatoms. The molecule has 1 aromatic heterocycles. The summed E-state index contributed by atoms with van der Waals surface area (Å²) in [6.45, 7) is 0. The van der Waals surface area contributed by atoms with Crippen LogP contribution in [-0.2, 0) is 10.0 Å². The van der Waals surface area contributed by atoms with Crippen LogP contribution < -0.4 is 4.72 Å². The highest BCUT2D eigenvalue weighted by molar-refractivity contribution is 7.92. The summed E-state index contributed by atoms with van der Waals surface area (Å²) in [6.07, 6.45) is 2.34. The fourth-order valence-electron chi connectivity index (χ4n) is 1.29. The van der Waals surface area contributed by atoms with E-state index < -0.39 is 15.8 Å². The number of aromatic amines is 1. The Morgan fingerprint density at radius 1 is 1.44 bits per heavy atom. The van der Waals surface area contributed by atoms with Gasteiger partial charge in [-0.2, -0.15) is 13.7 Å². The molecule has 1 aromatic carbocycles. The van der Waals surface area contributed by atoms with Gasteiger partial charge in [0.1, 0.15) is 11.9 Å². The topological polar surface area (TPSA) is 98.6 Å². The maximum atomic E-state index is 12.9. The number of nitrogens with zero attached hydrogens (tertiary/aromatic N) is 2. The number of sulfonamides is 1. The normalized spacial score (nSPS) is 10.9. The number of benzene rings is 1. The molecule has 0 aliphatic rings. The van der Waals surface area contributed by atoms with Crippen molar-refractivity contribution in [2.75, 3.05) is 4.72 Å². The summed E-state index contributed by atoms with van der Waals surface area (Å²) in [7, 11) is -3.86. The van der Waals surface area contributed by atoms with Crippen molar-refractivity contribution >= 4 is 15.7 Å². The molecule has 0 aliphatic carbocycles. The third-order valence-electron chi connectivity index (χ3n) is 2.11. The maximum Gasteiger partial charge on any atom is 0.279 e. The number of hydrogen-bond acceptors (Lipinski definition) is 4. The number of imidazole rings is 1. The lowest BCUT2D eigenvalue weighted by molar-refractivity contribution is 0.598. The molecule has 2 aromatic rings. The number of rotatable bonds is 3. The Morgan fingerprint density at radius 3 is 2.83 bits per heavy atom. The molecular formula is C10H7FN4O2S. The minimum atomic E-state index is -3.86. The fourth-order valence-corrected chi connectivity index (χ4v) is 2.27. The summed E-state index contributed by atoms with van der Waals surface area (Å²) in [5.41, 5.74) is -0.0911. The lowest BCUT2D eigenvalue weighted by Crippen LogP contribution is -2.14. The molecule has 0 bridgehead atoms. The van der Waals surface area contributed by atoms with Crippen molar-refractivity contribution in [3.8, 4) is 6.07 Å². The first-order valence-corrected chi connectivity index (χ1v) is 6.22. The van der Waals surface area contributed by atoms with Gasteiger partial charge in [-0.25, -0.2) is 9.37 Å². The Labute approximate surface area is 102 Å². The zero-order valence-corrected chi connectivity index (χ0v) is 9.70. The summed E-state index contributed by atoms with van der Waals surface area (Å²) in [5, 5.41) is 8.66. The molecule has 2 N–H and O–H groups in total. The van der Waals surface area contributed by atoms with Crippen molar-refractivity contribution in [3.05, 3.63) is 42.1 Å². The van der Waals surface area contributed by atoms with E-state index in [-0.39, 0.29) is 16.3 Å². The first-order chi connectivity index (χ1) is 8.53. The van der Waals surface area contributed by atoms with Crippen molar-refractivity contribution in [2.24, 2.45) is 0 Å². The van der Waals surface area contributed by atoms with Crippen molar-refractivity contribution in [1.82, 2.24) is 9.97 Å². The molecule has 0 radical (unpaired) electrons. The average molecular weight is 266 g/mol. The van der Waals surface area contributed by atoms with E-state index in [9.17, 15) is 12.8 Å². The number of H-pyrrole nitrogens is 1. The van der Waals surface area contributed by atoms with Gasteiger partial charge in [0.2, 0.25) is 0 Å². The molecule has 0 saturated carbocycles. The molecule has 18 heavy (non-hydrogen) atoms. The number of anilines is 1. The second kappa shape index (κ2) is 4.46. The summed E-state index contributed by atoms with van der Waals surface area (Å²) in [4.78, 5) is 6.02. The van der Waals surface area contributed by atoms with Gasteiger partial charge in [-0.15, -0.1) is 0 Å². The highest BCUT2D eigenvalue weighted by Gasteiger charge is 2.17. The van der Waals surface area contributed by atoms with Gasteiger partial charge in [-0.1, -0.05) is 0 Å². The highest BCUT2D eigenvalue weighted by Crippen LogP contribution is 2.19. The first kappa shape index (κ1) is 12.1. The summed E-state index contributed by atoms with van der Waals surface area (Å²) < 4.78 is 38.7. The molecule has 0 amide bonds. The molecule has 2 rings (SSSR count). The molecule has 1 heterocycles. The van der Waals surface area contributed by atoms with Crippen LogP contribution in [0.1, 0.15) is 5.56 Å². The SMILES string of the molecule is N#Cc1cc(F)ccc1NS(=O)(=O)c1cnc[nH]1. The van der Waals surface area contributed by atoms with Gasteiger partial charge in [0.05, 0.1) is 23.8 Å². The van der Waals surface area contributed by atoms with Gasteiger partial charge in [0.25, 0.3) is 10.0 Å². The Balaban J connectivity index is 2.39. The molecule has 92 valence electrons. The minimum absolute atomic E-state index is 0.00787. The van der Waals surface area contributed by atoms with Gasteiger partial charge in [-0.3, -0.25) is 4.72 Å². The maximum absolute atomic E-state index is 12.9. The Morgan fingerprint density at radius 2 is 2.22 bits per heavy atom. The third kappa shape index (κ3) is 2.31. The van der Waals surface area contributed by atoms with Crippen LogP contribution in [0.3, 0.4) is 0 Å². The van der Waals surface area contributed by atoms with Gasteiger partial charge in [-0.05, 0) is 18.2 Å². The van der Waals surface area contributed by atoms with E-state index >= 15 is 0 Å². The van der Waals surface area contributed by atoms with Crippen molar-refractivity contribution in [3.63, 3.8) is 0 Å². The van der Waals surface area contributed by atoms with E-state index in [1.165, 1.54) is 12.4 Å². The van der Waals surface area contributed by atoms with Crippen LogP contribution in [0.2, 0.25) is 0 Å². The van der Waals surface area contributed by atoms with Crippen LogP contribution in [0.25, 0.3) is 0 Å². The van der Waals surface area contributed by atoms with Gasteiger partial charge in [0, 0.05) is 0 Å². The minimum Gasteiger partial charge on any atom is -0.334 e. The molecule has 0 atom stereocenters. The molecule has 0 unspecified atom stereocenters. The van der Waals surface area contributed by atoms with Gasteiger partial charge >= 0.3 is 0 Å². The zero-order valence-electron chi connectivity index (χ0n) is 8.88. The van der Waals surface area contributed by atoms with E-state index in [2.05, 4.69) is 14.7 Å². The standard InChI is InChI=1S/C10H7FN4O2S/c11-8-1-2-9(7(3-8)4-12)15-18(16,17)10-5-13-6-14-10/h1-3,5-6,15H,(H,13,14). The molecular weight excluding hydrogens is 259 g/mol. The zero-order chi connectivity index (χ0) is 13.2. The Hall–Kier alpha value is -2.40. The number of nitrogens with one attached hydrogen (secondary N) is 2. The van der Waals surface area contributed by atoms with Crippen LogP contribution in [0.4, 0.5) is 10.1 Å². The number of hydrogen-bond donors (Lipinski definition) is 2. The fraction of sp³-hybridized carbons (Fsp3) is 0. The van der Waals surface area contributed by atoms with E-state index in [0.29, 0.717) is 0 Å². The van der Waals surface area contributed by atoms with E-state index in [1.54, 1.807) is 6.07 Å². The molecule has 0 fully saturated rings. The summed E-state index contributed by atoms with van der Waals surface area (Å²) in [5.74, 6) is -0.615. The van der Waals surface area contributed by atoms with Crippen molar-refractivity contribution in [2.45, 2.75) is 5.03 Å². The lowest BCUT2D eigenvalue weighted by Gasteiger charge is -2.07. The molecule has 6 nitrogen and oxygen atoms in total. The van der Waals surface area contributed by atoms with E-state index in [4.69, 9.17) is 5.26 Å². The molecule has 0 aliphatic heterocycles. The van der Waals surface area contributed by atoms with Crippen LogP contribution >= 0.6 is 0 Å². The van der Waals surface area contributed by atoms with Crippen LogP contribution in [0.15, 0.2) is 35.7 Å². The first-order valence-electron chi connectivity index (χ1n) is 4.74. The molecule has 0 saturated heterocycles. The number of halogens is 1. The lowest BCUT2D eigenvalue weighted by atomic mass is 10.2. The number of aromatic nitrogens is 2. The predicted molar refractivity (Wildman–Crippen MR) is 60.5 cm³/mol. The van der Waals surface area contributed by atoms with Crippen LogP contribution in [0.5, 0.6) is 0 Å². The second-order valence-electron chi connectivity index (χ2n) is 3.32. The van der Waals surface area contributed by atoms with Crippen LogP contribution in [-0.4, -0.2) is 18.4 Å². The predicted octanol–water partition coefficient (Wildman–Crippen LogP) is 1.22. The highest BCUT2D eigenvalue weighted by atomic mass is 32.2. The Bertz CT molecular complexity index is 704. The largest absolute Gasteiger partial charge is 0.334 e. The van der Waals surface area contributed by atoms with Gasteiger partial charge in [0.15, 0.2) is 5.03 Å². The molecule has 0 spiro atoms. The van der Waals surface area contributed by atoms with E-state index in [1.807, 2.05) is 0 Å². The van der Waals surface area contributed by atoms with E-state index in [0.717, 1.165) is 18.3 Å². The van der Waals surface area contributed by atoms with Crippen LogP contribution in [0, 0.1) is 17.1 Å². The Kier molecular flexibility index (Phi) is 2.99. The number of nitriles is 1. The quantitative estimate of drug-likeness (QED) is 0.872. The smallest absolute Gasteiger partial charge is 0.279 e. The summed E-state index contributed by atoms with van der Waals surface area (Å²) in [6, 6.07) is 4.90. The summed E-state index contributed by atoms with van der Waals surface area (Å²) >= 11 is 0. The average Bonchev–Trinajstić information content (AvgIpc) is 2.85. The van der Waals surface area contributed by atoms with Gasteiger partial charge < -0.3 is 4.98 Å². The second-order valence-corrected chi connectivity index (χ2v) is 4.97.